The predicted octanol–water partition coefficient (Wildman–Crippen LogP) is 3.61. The van der Waals surface area contributed by atoms with Crippen LogP contribution in [0.15, 0.2) is 77.0 Å². The number of nitrogens with zero attached hydrogens (tertiary/aromatic N) is 6. The van der Waals surface area contributed by atoms with Crippen LogP contribution in [0.2, 0.25) is 0 Å². The maximum absolute atomic E-state index is 13.5. The highest BCUT2D eigenvalue weighted by molar-refractivity contribution is 7.90. The summed E-state index contributed by atoms with van der Waals surface area (Å²) >= 11 is 0. The van der Waals surface area contributed by atoms with Crippen molar-refractivity contribution < 1.29 is 18.0 Å². The zero-order valence-corrected chi connectivity index (χ0v) is 21.4. The minimum Gasteiger partial charge on any atom is -0.390 e. The number of hydrogen-bond donors (Lipinski definition) is 0. The number of amides is 1. The number of imidazole rings is 1. The van der Waals surface area contributed by atoms with Gasteiger partial charge >= 0.3 is 0 Å². The number of oxime groups is 1. The zero-order valence-electron chi connectivity index (χ0n) is 20.6. The Morgan fingerprint density at radius 1 is 1.11 bits per heavy atom. The van der Waals surface area contributed by atoms with E-state index in [4.69, 9.17) is 15.1 Å². The third-order valence-electron chi connectivity index (χ3n) is 6.23. The van der Waals surface area contributed by atoms with E-state index in [0.29, 0.717) is 42.0 Å². The van der Waals surface area contributed by atoms with Gasteiger partial charge in [-0.2, -0.15) is 5.26 Å². The van der Waals surface area contributed by atoms with Gasteiger partial charge in [-0.25, -0.2) is 13.4 Å². The number of aryl methyl sites for hydroxylation is 1. The average Bonchev–Trinajstić information content (AvgIpc) is 3.39. The summed E-state index contributed by atoms with van der Waals surface area (Å²) in [5, 5.41) is 13.1. The Hall–Kier alpha value is -4.56. The Balaban J connectivity index is 1.39. The minimum atomic E-state index is -3.29. The Kier molecular flexibility index (Phi) is 6.89. The molecule has 3 heterocycles. The molecule has 0 unspecified atom stereocenters. The molecule has 0 spiro atoms. The predicted molar refractivity (Wildman–Crippen MR) is 141 cm³/mol. The molecular formula is C27H24N6O4S. The van der Waals surface area contributed by atoms with Gasteiger partial charge in [-0.15, -0.1) is 0 Å². The molecule has 2 aromatic heterocycles. The first-order chi connectivity index (χ1) is 18.4. The molecule has 10 nitrogen and oxygen atoms in total. The second-order valence-electron chi connectivity index (χ2n) is 8.84. The molecule has 11 heteroatoms. The van der Waals surface area contributed by atoms with Gasteiger partial charge in [0.25, 0.3) is 5.91 Å². The number of rotatable bonds is 9. The largest absolute Gasteiger partial charge is 0.390 e. The van der Waals surface area contributed by atoms with Gasteiger partial charge in [0.2, 0.25) is 0 Å². The van der Waals surface area contributed by atoms with E-state index in [2.05, 4.69) is 16.2 Å². The van der Waals surface area contributed by atoms with Crippen LogP contribution in [0.5, 0.6) is 0 Å². The lowest BCUT2D eigenvalue weighted by molar-refractivity contribution is -0.112. The molecule has 192 valence electrons. The summed E-state index contributed by atoms with van der Waals surface area (Å²) in [6, 6.07) is 18.0. The number of fused-ring (bicyclic) bond motifs is 2. The van der Waals surface area contributed by atoms with Crippen molar-refractivity contribution in [3.8, 4) is 6.07 Å². The number of carbonyl (C=O) groups is 1. The highest BCUT2D eigenvalue weighted by Gasteiger charge is 2.36. The van der Waals surface area contributed by atoms with E-state index in [1.54, 1.807) is 35.5 Å². The molecule has 1 amide bonds. The average molecular weight is 529 g/mol. The summed E-state index contributed by atoms with van der Waals surface area (Å²) in [6.45, 7) is 0.880. The third kappa shape index (κ3) is 4.99. The molecule has 5 rings (SSSR count). The summed E-state index contributed by atoms with van der Waals surface area (Å²) in [7, 11) is -3.29. The van der Waals surface area contributed by atoms with Gasteiger partial charge in [0.15, 0.2) is 15.5 Å². The van der Waals surface area contributed by atoms with Gasteiger partial charge in [0.1, 0.15) is 12.4 Å². The molecule has 0 saturated carbocycles. The SMILES string of the molecule is CS(=O)(=O)c1ccc(CO/N=C2/C(=O)N(Cc3nc4ccccc4n3CCCC#N)c3ccncc32)cc1. The quantitative estimate of drug-likeness (QED) is 0.240. The van der Waals surface area contributed by atoms with E-state index in [1.807, 2.05) is 28.8 Å². The minimum absolute atomic E-state index is 0.0606. The van der Waals surface area contributed by atoms with Gasteiger partial charge in [-0.3, -0.25) is 14.7 Å². The molecule has 0 bridgehead atoms. The van der Waals surface area contributed by atoms with Crippen LogP contribution >= 0.6 is 0 Å². The number of anilines is 1. The maximum Gasteiger partial charge on any atom is 0.281 e. The van der Waals surface area contributed by atoms with Crippen LogP contribution in [0, 0.1) is 11.3 Å². The van der Waals surface area contributed by atoms with Crippen molar-refractivity contribution in [3.63, 3.8) is 0 Å². The Bertz CT molecular complexity index is 1690. The molecule has 0 radical (unpaired) electrons. The molecule has 38 heavy (non-hydrogen) atoms. The standard InChI is InChI=1S/C27H24N6O4S/c1-38(35,36)20-10-8-19(9-11-20)18-37-31-26-21-16-29-14-12-23(21)33(27(26)34)17-25-30-22-6-2-3-7-24(22)32(25)15-5-4-13-28/h2-3,6-12,14,16H,4-5,15,17-18H2,1H3/b31-26+. The number of sulfone groups is 1. The van der Waals surface area contributed by atoms with Crippen LogP contribution in [0.3, 0.4) is 0 Å². The maximum atomic E-state index is 13.5. The Labute approximate surface area is 219 Å². The topological polar surface area (TPSA) is 131 Å². The van der Waals surface area contributed by atoms with Crippen LogP contribution in [-0.2, 0) is 39.2 Å². The summed E-state index contributed by atoms with van der Waals surface area (Å²) < 4.78 is 25.4. The zero-order chi connectivity index (χ0) is 26.7. The second-order valence-corrected chi connectivity index (χ2v) is 10.9. The van der Waals surface area contributed by atoms with Crippen molar-refractivity contribution in [1.82, 2.24) is 14.5 Å². The van der Waals surface area contributed by atoms with Crippen LogP contribution in [0.25, 0.3) is 11.0 Å². The van der Waals surface area contributed by atoms with Gasteiger partial charge in [0.05, 0.1) is 39.8 Å². The fraction of sp³-hybridized carbons (Fsp3) is 0.222. The van der Waals surface area contributed by atoms with Crippen molar-refractivity contribution >= 4 is 38.2 Å². The normalized spacial score (nSPS) is 14.2. The number of hydrogen-bond acceptors (Lipinski definition) is 8. The van der Waals surface area contributed by atoms with Crippen molar-refractivity contribution in [2.75, 3.05) is 11.2 Å². The number of unbranched alkanes of at least 4 members (excludes halogenated alkanes) is 1. The van der Waals surface area contributed by atoms with Gasteiger partial charge in [-0.1, -0.05) is 29.4 Å². The second kappa shape index (κ2) is 10.4. The molecular weight excluding hydrogens is 504 g/mol. The molecule has 1 aliphatic rings. The van der Waals surface area contributed by atoms with E-state index in [-0.39, 0.29) is 29.7 Å². The lowest BCUT2D eigenvalue weighted by Gasteiger charge is -2.17. The van der Waals surface area contributed by atoms with E-state index in [0.717, 1.165) is 17.3 Å². The molecule has 1 aliphatic heterocycles. The number of carbonyl (C=O) groups excluding carboxylic acids is 1. The lowest BCUT2D eigenvalue weighted by Crippen LogP contribution is -2.31. The monoisotopic (exact) mass is 528 g/mol. The highest BCUT2D eigenvalue weighted by atomic mass is 32.2. The smallest absolute Gasteiger partial charge is 0.281 e. The Morgan fingerprint density at radius 3 is 2.66 bits per heavy atom. The van der Waals surface area contributed by atoms with Crippen LogP contribution < -0.4 is 4.90 Å². The highest BCUT2D eigenvalue weighted by Crippen LogP contribution is 2.31. The first-order valence-electron chi connectivity index (χ1n) is 11.9. The van der Waals surface area contributed by atoms with Crippen LogP contribution in [-0.4, -0.2) is 40.8 Å². The van der Waals surface area contributed by atoms with Crippen molar-refractivity contribution in [1.29, 1.82) is 5.26 Å². The molecule has 0 aliphatic carbocycles. The summed E-state index contributed by atoms with van der Waals surface area (Å²) in [4.78, 5) is 29.7. The fourth-order valence-electron chi connectivity index (χ4n) is 4.36. The van der Waals surface area contributed by atoms with Gasteiger partial charge < -0.3 is 9.40 Å². The summed E-state index contributed by atoms with van der Waals surface area (Å²) in [5.74, 6) is 0.365. The van der Waals surface area contributed by atoms with E-state index >= 15 is 0 Å². The van der Waals surface area contributed by atoms with Crippen LogP contribution in [0.4, 0.5) is 5.69 Å². The van der Waals surface area contributed by atoms with Gasteiger partial charge in [-0.05, 0) is 42.3 Å². The summed E-state index contributed by atoms with van der Waals surface area (Å²) in [6.07, 6.45) is 5.43. The molecule has 0 N–H and O–H groups in total. The molecule has 2 aromatic carbocycles. The molecule has 0 saturated heterocycles. The Morgan fingerprint density at radius 2 is 1.89 bits per heavy atom. The van der Waals surface area contributed by atoms with E-state index in [9.17, 15) is 13.2 Å². The number of benzene rings is 2. The first kappa shape index (κ1) is 25.1. The van der Waals surface area contributed by atoms with E-state index in [1.165, 1.54) is 12.1 Å². The van der Waals surface area contributed by atoms with Crippen molar-refractivity contribution in [3.05, 3.63) is 83.9 Å². The fourth-order valence-corrected chi connectivity index (χ4v) is 4.99. The number of pyridine rings is 1. The molecule has 4 aromatic rings. The number of para-hydroxylation sites is 2. The van der Waals surface area contributed by atoms with Gasteiger partial charge in [0, 0.05) is 31.6 Å². The van der Waals surface area contributed by atoms with Crippen molar-refractivity contribution in [2.24, 2.45) is 5.16 Å². The van der Waals surface area contributed by atoms with Crippen molar-refractivity contribution in [2.45, 2.75) is 37.4 Å². The third-order valence-corrected chi connectivity index (χ3v) is 7.36. The molecule has 0 fully saturated rings. The van der Waals surface area contributed by atoms with E-state index < -0.39 is 9.84 Å². The van der Waals surface area contributed by atoms with Crippen LogP contribution in [0.1, 0.15) is 29.8 Å². The summed E-state index contributed by atoms with van der Waals surface area (Å²) in [5.41, 5.74) is 3.81. The number of aromatic nitrogens is 3. The number of nitriles is 1. The first-order valence-corrected chi connectivity index (χ1v) is 13.8. The molecule has 0 atom stereocenters. The lowest BCUT2D eigenvalue weighted by atomic mass is 10.2.